The van der Waals surface area contributed by atoms with Gasteiger partial charge in [-0.25, -0.2) is 0 Å². The largest absolute Gasteiger partial charge is 0.464 e. The maximum absolute atomic E-state index is 12.1. The number of rotatable bonds is 3. The molecule has 0 aliphatic carbocycles. The van der Waals surface area contributed by atoms with Crippen LogP contribution in [0.3, 0.4) is 0 Å². The van der Waals surface area contributed by atoms with Gasteiger partial charge in [0.1, 0.15) is 11.5 Å². The van der Waals surface area contributed by atoms with Crippen molar-refractivity contribution in [2.45, 2.75) is 19.9 Å². The maximum Gasteiger partial charge on any atom is 0.252 e. The molecule has 1 aromatic carbocycles. The lowest BCUT2D eigenvalue weighted by molar-refractivity contribution is 0.0935. The van der Waals surface area contributed by atoms with E-state index < -0.39 is 0 Å². The highest BCUT2D eigenvalue weighted by Gasteiger charge is 2.14. The predicted molar refractivity (Wildman–Crippen MR) is 74.6 cm³/mol. The van der Waals surface area contributed by atoms with Crippen LogP contribution in [0.15, 0.2) is 34.7 Å². The molecule has 0 fully saturated rings. The highest BCUT2D eigenvalue weighted by atomic mass is 16.3. The Morgan fingerprint density at radius 3 is 2.37 bits per heavy atom. The molecule has 5 heteroatoms. The molecule has 0 aliphatic heterocycles. The number of aryl methyl sites for hydroxylation is 1. The van der Waals surface area contributed by atoms with E-state index in [-0.39, 0.29) is 11.9 Å². The van der Waals surface area contributed by atoms with Gasteiger partial charge in [-0.1, -0.05) is 0 Å². The summed E-state index contributed by atoms with van der Waals surface area (Å²) in [7, 11) is 0. The summed E-state index contributed by atoms with van der Waals surface area (Å²) in [5, 5.41) is 2.84. The molecule has 19 heavy (non-hydrogen) atoms. The third-order valence-electron chi connectivity index (χ3n) is 2.78. The quantitative estimate of drug-likeness (QED) is 0.737. The molecular weight excluding hydrogens is 242 g/mol. The molecule has 1 atom stereocenters. The number of benzene rings is 1. The Balaban J connectivity index is 2.12. The van der Waals surface area contributed by atoms with Crippen LogP contribution in [-0.2, 0) is 0 Å². The van der Waals surface area contributed by atoms with Crippen molar-refractivity contribution in [2.24, 2.45) is 0 Å². The molecule has 5 nitrogen and oxygen atoms in total. The second-order valence-corrected chi connectivity index (χ2v) is 4.53. The lowest BCUT2D eigenvalue weighted by Gasteiger charge is -2.12. The van der Waals surface area contributed by atoms with Crippen molar-refractivity contribution in [3.63, 3.8) is 0 Å². The van der Waals surface area contributed by atoms with E-state index in [0.717, 1.165) is 5.76 Å². The zero-order valence-electron chi connectivity index (χ0n) is 10.9. The Morgan fingerprint density at radius 1 is 1.21 bits per heavy atom. The number of nitrogen functional groups attached to an aromatic ring is 2. The fourth-order valence-corrected chi connectivity index (χ4v) is 1.84. The molecule has 0 spiro atoms. The topological polar surface area (TPSA) is 94.3 Å². The summed E-state index contributed by atoms with van der Waals surface area (Å²) in [6.07, 6.45) is 0. The van der Waals surface area contributed by atoms with Gasteiger partial charge in [-0.05, 0) is 44.2 Å². The van der Waals surface area contributed by atoms with Crippen molar-refractivity contribution >= 4 is 17.3 Å². The molecule has 0 bridgehead atoms. The number of nitrogens with one attached hydrogen (secondary N) is 1. The number of carbonyl (C=O) groups excluding carboxylic acids is 1. The van der Waals surface area contributed by atoms with Crippen LogP contribution in [0.2, 0.25) is 0 Å². The molecule has 0 aliphatic rings. The number of hydrogen-bond donors (Lipinski definition) is 3. The SMILES string of the molecule is Cc1ccc(C(C)NC(=O)c2cc(N)cc(N)c2)o1. The van der Waals surface area contributed by atoms with Gasteiger partial charge >= 0.3 is 0 Å². The first-order valence-corrected chi connectivity index (χ1v) is 5.99. The minimum absolute atomic E-state index is 0.219. The zero-order chi connectivity index (χ0) is 14.0. The number of nitrogens with two attached hydrogens (primary N) is 2. The summed E-state index contributed by atoms with van der Waals surface area (Å²) in [5.74, 6) is 1.28. The van der Waals surface area contributed by atoms with E-state index in [1.807, 2.05) is 26.0 Å². The molecular formula is C14H17N3O2. The van der Waals surface area contributed by atoms with Crippen molar-refractivity contribution in [3.05, 3.63) is 47.4 Å². The monoisotopic (exact) mass is 259 g/mol. The van der Waals surface area contributed by atoms with Crippen LogP contribution in [-0.4, -0.2) is 5.91 Å². The molecule has 0 radical (unpaired) electrons. The summed E-state index contributed by atoms with van der Waals surface area (Å²) >= 11 is 0. The van der Waals surface area contributed by atoms with Gasteiger partial charge in [0.2, 0.25) is 0 Å². The van der Waals surface area contributed by atoms with E-state index in [2.05, 4.69) is 5.32 Å². The fraction of sp³-hybridized carbons (Fsp3) is 0.214. The maximum atomic E-state index is 12.1. The average molecular weight is 259 g/mol. The molecule has 1 aromatic heterocycles. The first kappa shape index (κ1) is 13.0. The van der Waals surface area contributed by atoms with Gasteiger partial charge in [-0.3, -0.25) is 4.79 Å². The highest BCUT2D eigenvalue weighted by Crippen LogP contribution is 2.18. The number of carbonyl (C=O) groups is 1. The van der Waals surface area contributed by atoms with Crippen LogP contribution in [0.25, 0.3) is 0 Å². The van der Waals surface area contributed by atoms with Crippen LogP contribution in [0.5, 0.6) is 0 Å². The van der Waals surface area contributed by atoms with Crippen molar-refractivity contribution in [3.8, 4) is 0 Å². The summed E-state index contributed by atoms with van der Waals surface area (Å²) < 4.78 is 5.47. The van der Waals surface area contributed by atoms with Crippen molar-refractivity contribution in [1.82, 2.24) is 5.32 Å². The lowest BCUT2D eigenvalue weighted by atomic mass is 10.1. The lowest BCUT2D eigenvalue weighted by Crippen LogP contribution is -2.26. The third kappa shape index (κ3) is 3.07. The van der Waals surface area contributed by atoms with Crippen molar-refractivity contribution in [1.29, 1.82) is 0 Å². The standard InChI is InChI=1S/C14H17N3O2/c1-8-3-4-13(19-8)9(2)17-14(18)10-5-11(15)7-12(16)6-10/h3-7,9H,15-16H2,1-2H3,(H,17,18). The van der Waals surface area contributed by atoms with Crippen LogP contribution >= 0.6 is 0 Å². The fourth-order valence-electron chi connectivity index (χ4n) is 1.84. The Hall–Kier alpha value is -2.43. The Kier molecular flexibility index (Phi) is 3.46. The normalized spacial score (nSPS) is 12.1. The van der Waals surface area contributed by atoms with Gasteiger partial charge in [0, 0.05) is 16.9 Å². The number of anilines is 2. The minimum Gasteiger partial charge on any atom is -0.464 e. The molecule has 0 saturated heterocycles. The smallest absolute Gasteiger partial charge is 0.252 e. The molecule has 2 rings (SSSR count). The predicted octanol–water partition coefficient (Wildman–Crippen LogP) is 2.24. The van der Waals surface area contributed by atoms with Crippen LogP contribution in [0, 0.1) is 6.92 Å². The van der Waals surface area contributed by atoms with Gasteiger partial charge in [0.05, 0.1) is 6.04 Å². The molecule has 1 heterocycles. The van der Waals surface area contributed by atoms with E-state index in [1.54, 1.807) is 18.2 Å². The van der Waals surface area contributed by atoms with E-state index in [9.17, 15) is 4.79 Å². The summed E-state index contributed by atoms with van der Waals surface area (Å²) in [6.45, 7) is 3.71. The number of furan rings is 1. The van der Waals surface area contributed by atoms with Gasteiger partial charge in [0.25, 0.3) is 5.91 Å². The second kappa shape index (κ2) is 5.06. The van der Waals surface area contributed by atoms with Crippen LogP contribution in [0.1, 0.15) is 34.8 Å². The Labute approximate surface area is 111 Å². The Bertz CT molecular complexity index is 584. The van der Waals surface area contributed by atoms with Crippen LogP contribution in [0.4, 0.5) is 11.4 Å². The number of hydrogen-bond acceptors (Lipinski definition) is 4. The molecule has 0 saturated carbocycles. The second-order valence-electron chi connectivity index (χ2n) is 4.53. The number of amides is 1. The average Bonchev–Trinajstić information content (AvgIpc) is 2.74. The van der Waals surface area contributed by atoms with E-state index in [0.29, 0.717) is 22.7 Å². The van der Waals surface area contributed by atoms with Gasteiger partial charge in [-0.2, -0.15) is 0 Å². The molecule has 1 amide bonds. The van der Waals surface area contributed by atoms with E-state index >= 15 is 0 Å². The van der Waals surface area contributed by atoms with Gasteiger partial charge in [0.15, 0.2) is 0 Å². The minimum atomic E-state index is -0.236. The van der Waals surface area contributed by atoms with Crippen molar-refractivity contribution < 1.29 is 9.21 Å². The zero-order valence-corrected chi connectivity index (χ0v) is 10.9. The first-order chi connectivity index (χ1) is 8.95. The Morgan fingerprint density at radius 2 is 1.84 bits per heavy atom. The van der Waals surface area contributed by atoms with Gasteiger partial charge < -0.3 is 21.2 Å². The molecule has 5 N–H and O–H groups in total. The third-order valence-corrected chi connectivity index (χ3v) is 2.78. The molecule has 1 unspecified atom stereocenters. The molecule has 2 aromatic rings. The summed E-state index contributed by atoms with van der Waals surface area (Å²) in [5.41, 5.74) is 12.7. The van der Waals surface area contributed by atoms with E-state index in [4.69, 9.17) is 15.9 Å². The summed E-state index contributed by atoms with van der Waals surface area (Å²) in [6, 6.07) is 8.27. The van der Waals surface area contributed by atoms with Crippen molar-refractivity contribution in [2.75, 3.05) is 11.5 Å². The van der Waals surface area contributed by atoms with Gasteiger partial charge in [-0.15, -0.1) is 0 Å². The van der Waals surface area contributed by atoms with Crippen LogP contribution < -0.4 is 16.8 Å². The molecule has 100 valence electrons. The highest BCUT2D eigenvalue weighted by molar-refractivity contribution is 5.96. The first-order valence-electron chi connectivity index (χ1n) is 5.99. The summed E-state index contributed by atoms with van der Waals surface area (Å²) in [4.78, 5) is 12.1. The van der Waals surface area contributed by atoms with E-state index in [1.165, 1.54) is 0 Å².